The van der Waals surface area contributed by atoms with Gasteiger partial charge in [0.2, 0.25) is 5.91 Å². The highest BCUT2D eigenvalue weighted by molar-refractivity contribution is 6.08. The van der Waals surface area contributed by atoms with Gasteiger partial charge in [-0.3, -0.25) is 19.5 Å². The summed E-state index contributed by atoms with van der Waals surface area (Å²) in [5.41, 5.74) is 0.867. The topological polar surface area (TPSA) is 91.8 Å². The molecule has 2 fully saturated rings. The Bertz CT molecular complexity index is 718. The second kappa shape index (κ2) is 6.44. The highest BCUT2D eigenvalue weighted by atomic mass is 16.5. The number of ether oxygens (including phenoxy) is 1. The van der Waals surface area contributed by atoms with E-state index in [1.54, 1.807) is 24.9 Å². The molecule has 0 aliphatic carbocycles. The molecular weight excluding hydrogens is 324 g/mol. The first-order valence-electron chi connectivity index (χ1n) is 8.24. The number of hydrogen-bond donors (Lipinski definition) is 1. The smallest absolute Gasteiger partial charge is 0.325 e. The molecule has 3 heterocycles. The number of carbonyl (C=O) groups is 3. The Labute approximate surface area is 146 Å². The van der Waals surface area contributed by atoms with E-state index in [-0.39, 0.29) is 24.5 Å². The zero-order valence-electron chi connectivity index (χ0n) is 14.6. The van der Waals surface area contributed by atoms with Gasteiger partial charge in [-0.05, 0) is 38.5 Å². The van der Waals surface area contributed by atoms with Gasteiger partial charge in [0, 0.05) is 18.4 Å². The molecule has 3 rings (SSSR count). The summed E-state index contributed by atoms with van der Waals surface area (Å²) in [6.45, 7) is 6.11. The van der Waals surface area contributed by atoms with E-state index in [1.807, 2.05) is 19.1 Å². The van der Waals surface area contributed by atoms with E-state index < -0.39 is 11.6 Å². The number of aromatic nitrogens is 1. The van der Waals surface area contributed by atoms with Crippen LogP contribution in [0.25, 0.3) is 0 Å². The summed E-state index contributed by atoms with van der Waals surface area (Å²) in [7, 11) is 0. The minimum absolute atomic E-state index is 0.237. The molecule has 2 saturated heterocycles. The predicted octanol–water partition coefficient (Wildman–Crippen LogP) is 0.620. The molecule has 0 aromatic carbocycles. The number of nitrogens with one attached hydrogen (secondary N) is 1. The van der Waals surface area contributed by atoms with Crippen molar-refractivity contribution in [2.24, 2.45) is 0 Å². The Morgan fingerprint density at radius 1 is 1.44 bits per heavy atom. The number of carbonyl (C=O) groups excluding carboxylic acids is 3. The number of imide groups is 1. The monoisotopic (exact) mass is 346 g/mol. The first-order valence-corrected chi connectivity index (χ1v) is 8.24. The summed E-state index contributed by atoms with van der Waals surface area (Å²) in [5, 5.41) is 2.58. The zero-order chi connectivity index (χ0) is 18.2. The molecule has 0 saturated carbocycles. The predicted molar refractivity (Wildman–Crippen MR) is 88.6 cm³/mol. The number of urea groups is 1. The average molecular weight is 346 g/mol. The summed E-state index contributed by atoms with van der Waals surface area (Å²) in [6.07, 6.45) is 1.48. The molecule has 2 aliphatic heterocycles. The Morgan fingerprint density at radius 2 is 2.20 bits per heavy atom. The van der Waals surface area contributed by atoms with E-state index in [2.05, 4.69) is 10.3 Å². The van der Waals surface area contributed by atoms with Gasteiger partial charge >= 0.3 is 6.03 Å². The number of pyridine rings is 1. The number of rotatable bonds is 3. The van der Waals surface area contributed by atoms with Crippen molar-refractivity contribution in [2.45, 2.75) is 32.4 Å². The van der Waals surface area contributed by atoms with Gasteiger partial charge < -0.3 is 15.0 Å². The Hall–Kier alpha value is -2.48. The summed E-state index contributed by atoms with van der Waals surface area (Å²) in [6, 6.07) is 3.27. The fourth-order valence-corrected chi connectivity index (χ4v) is 3.04. The summed E-state index contributed by atoms with van der Waals surface area (Å²) in [5.74, 6) is -0.652. The normalized spacial score (nSPS) is 22.9. The summed E-state index contributed by atoms with van der Waals surface area (Å²) >= 11 is 0. The molecule has 1 aromatic rings. The van der Waals surface area contributed by atoms with Gasteiger partial charge in [-0.2, -0.15) is 0 Å². The standard InChI is InChI=1S/C17H22N4O4/c1-11-8-12(4-5-18-11)13-9-20(6-7-25-13)14(22)10-21-15(23)17(2,3)19-16(21)24/h4-5,8,13H,6-7,9-10H2,1-3H3,(H,19,24). The van der Waals surface area contributed by atoms with Crippen LogP contribution in [-0.4, -0.2) is 64.4 Å². The lowest BCUT2D eigenvalue weighted by molar-refractivity contribution is -0.143. The molecule has 1 N–H and O–H groups in total. The Kier molecular flexibility index (Phi) is 4.47. The van der Waals surface area contributed by atoms with Crippen molar-refractivity contribution >= 4 is 17.8 Å². The van der Waals surface area contributed by atoms with Crippen molar-refractivity contribution in [3.63, 3.8) is 0 Å². The highest BCUT2D eigenvalue weighted by Gasteiger charge is 2.45. The number of morpholine rings is 1. The fraction of sp³-hybridized carbons (Fsp3) is 0.529. The van der Waals surface area contributed by atoms with Crippen LogP contribution in [-0.2, 0) is 14.3 Å². The maximum atomic E-state index is 12.6. The van der Waals surface area contributed by atoms with Crippen molar-refractivity contribution in [3.8, 4) is 0 Å². The molecule has 1 atom stereocenters. The van der Waals surface area contributed by atoms with E-state index in [0.29, 0.717) is 19.7 Å². The quantitative estimate of drug-likeness (QED) is 0.810. The molecule has 25 heavy (non-hydrogen) atoms. The third-order valence-electron chi connectivity index (χ3n) is 4.45. The molecule has 0 bridgehead atoms. The van der Waals surface area contributed by atoms with Gasteiger partial charge in [-0.15, -0.1) is 0 Å². The van der Waals surface area contributed by atoms with E-state index in [1.165, 1.54) is 0 Å². The van der Waals surface area contributed by atoms with Crippen LogP contribution in [0.4, 0.5) is 4.79 Å². The molecule has 8 heteroatoms. The summed E-state index contributed by atoms with van der Waals surface area (Å²) in [4.78, 5) is 43.5. The molecule has 0 radical (unpaired) electrons. The summed E-state index contributed by atoms with van der Waals surface area (Å²) < 4.78 is 5.76. The minimum Gasteiger partial charge on any atom is -0.370 e. The van der Waals surface area contributed by atoms with Crippen molar-refractivity contribution in [2.75, 3.05) is 26.2 Å². The molecular formula is C17H22N4O4. The lowest BCUT2D eigenvalue weighted by atomic mass is 10.1. The van der Waals surface area contributed by atoms with Gasteiger partial charge in [-0.25, -0.2) is 4.79 Å². The van der Waals surface area contributed by atoms with Gasteiger partial charge in [0.1, 0.15) is 18.2 Å². The third kappa shape index (κ3) is 3.48. The van der Waals surface area contributed by atoms with Crippen LogP contribution >= 0.6 is 0 Å². The molecule has 4 amide bonds. The van der Waals surface area contributed by atoms with E-state index >= 15 is 0 Å². The number of amides is 4. The zero-order valence-corrected chi connectivity index (χ0v) is 14.6. The van der Waals surface area contributed by atoms with Crippen LogP contribution in [0.3, 0.4) is 0 Å². The van der Waals surface area contributed by atoms with Crippen molar-refractivity contribution in [1.82, 2.24) is 20.1 Å². The lowest BCUT2D eigenvalue weighted by Crippen LogP contribution is -2.48. The number of aryl methyl sites for hydroxylation is 1. The van der Waals surface area contributed by atoms with Gasteiger partial charge in [0.15, 0.2) is 0 Å². The first-order chi connectivity index (χ1) is 11.8. The van der Waals surface area contributed by atoms with Crippen LogP contribution in [0.2, 0.25) is 0 Å². The number of hydrogen-bond acceptors (Lipinski definition) is 5. The second-order valence-corrected chi connectivity index (χ2v) is 6.88. The van der Waals surface area contributed by atoms with Crippen molar-refractivity contribution in [3.05, 3.63) is 29.6 Å². The van der Waals surface area contributed by atoms with Crippen LogP contribution in [0, 0.1) is 6.92 Å². The average Bonchev–Trinajstić information content (AvgIpc) is 2.76. The molecule has 1 aromatic heterocycles. The maximum Gasteiger partial charge on any atom is 0.325 e. The van der Waals surface area contributed by atoms with Gasteiger partial charge in [0.25, 0.3) is 5.91 Å². The Balaban J connectivity index is 1.66. The second-order valence-electron chi connectivity index (χ2n) is 6.88. The van der Waals surface area contributed by atoms with E-state index in [9.17, 15) is 14.4 Å². The van der Waals surface area contributed by atoms with Crippen molar-refractivity contribution < 1.29 is 19.1 Å². The molecule has 1 unspecified atom stereocenters. The van der Waals surface area contributed by atoms with Crippen LogP contribution < -0.4 is 5.32 Å². The lowest BCUT2D eigenvalue weighted by Gasteiger charge is -2.34. The minimum atomic E-state index is -0.973. The van der Waals surface area contributed by atoms with Crippen LogP contribution in [0.1, 0.15) is 31.2 Å². The van der Waals surface area contributed by atoms with Crippen LogP contribution in [0.15, 0.2) is 18.3 Å². The third-order valence-corrected chi connectivity index (χ3v) is 4.45. The SMILES string of the molecule is Cc1cc(C2CN(C(=O)CN3C(=O)NC(C)(C)C3=O)CCO2)ccn1. The molecule has 0 spiro atoms. The van der Waals surface area contributed by atoms with E-state index in [0.717, 1.165) is 16.2 Å². The number of nitrogens with zero attached hydrogens (tertiary/aromatic N) is 3. The Morgan fingerprint density at radius 3 is 2.84 bits per heavy atom. The molecule has 8 nitrogen and oxygen atoms in total. The molecule has 2 aliphatic rings. The fourth-order valence-electron chi connectivity index (χ4n) is 3.04. The van der Waals surface area contributed by atoms with Crippen LogP contribution in [0.5, 0.6) is 0 Å². The van der Waals surface area contributed by atoms with Gasteiger partial charge in [0.05, 0.1) is 13.2 Å². The largest absolute Gasteiger partial charge is 0.370 e. The van der Waals surface area contributed by atoms with Gasteiger partial charge in [-0.1, -0.05) is 0 Å². The molecule has 134 valence electrons. The van der Waals surface area contributed by atoms with Crippen molar-refractivity contribution in [1.29, 1.82) is 0 Å². The highest BCUT2D eigenvalue weighted by Crippen LogP contribution is 2.23. The van der Waals surface area contributed by atoms with E-state index in [4.69, 9.17) is 4.74 Å². The maximum absolute atomic E-state index is 12.6. The first kappa shape index (κ1) is 17.3.